The van der Waals surface area contributed by atoms with Gasteiger partial charge in [-0.1, -0.05) is 13.8 Å². The summed E-state index contributed by atoms with van der Waals surface area (Å²) in [5.74, 6) is 0.479. The van der Waals surface area contributed by atoms with Crippen molar-refractivity contribution in [3.05, 3.63) is 30.1 Å². The molecule has 2 atom stereocenters. The molecule has 26 heavy (non-hydrogen) atoms. The van der Waals surface area contributed by atoms with Crippen molar-refractivity contribution in [2.45, 2.75) is 39.3 Å². The van der Waals surface area contributed by atoms with Crippen LogP contribution in [0.25, 0.3) is 10.9 Å². The molecule has 7 nitrogen and oxygen atoms in total. The van der Waals surface area contributed by atoms with Gasteiger partial charge in [-0.3, -0.25) is 14.6 Å². The van der Waals surface area contributed by atoms with Gasteiger partial charge in [0.1, 0.15) is 11.9 Å². The van der Waals surface area contributed by atoms with Crippen molar-refractivity contribution in [3.8, 4) is 0 Å². The number of rotatable bonds is 3. The zero-order chi connectivity index (χ0) is 18.5. The first-order chi connectivity index (χ1) is 12.3. The lowest BCUT2D eigenvalue weighted by Gasteiger charge is -2.39. The fourth-order valence-electron chi connectivity index (χ4n) is 3.50. The lowest BCUT2D eigenvalue weighted by molar-refractivity contribution is -0.121. The summed E-state index contributed by atoms with van der Waals surface area (Å²) >= 11 is 0. The first-order valence-corrected chi connectivity index (χ1v) is 8.96. The SMILES string of the molecule is C[C@H]1CCN1c1cc2ncc(C(=O)N[C@@H]3C(=O)NCC3(C)C)cc2cn1. The summed E-state index contributed by atoms with van der Waals surface area (Å²) in [4.78, 5) is 35.7. The summed E-state index contributed by atoms with van der Waals surface area (Å²) in [5, 5.41) is 6.44. The third-order valence-corrected chi connectivity index (χ3v) is 5.46. The van der Waals surface area contributed by atoms with Crippen LogP contribution in [-0.4, -0.2) is 47.0 Å². The molecule has 2 N–H and O–H groups in total. The average molecular weight is 353 g/mol. The predicted octanol–water partition coefficient (Wildman–Crippen LogP) is 1.48. The first kappa shape index (κ1) is 16.8. The fourth-order valence-corrected chi connectivity index (χ4v) is 3.50. The molecule has 0 saturated carbocycles. The summed E-state index contributed by atoms with van der Waals surface area (Å²) < 4.78 is 0. The van der Waals surface area contributed by atoms with E-state index in [1.165, 1.54) is 6.42 Å². The van der Waals surface area contributed by atoms with Crippen molar-refractivity contribution in [2.75, 3.05) is 18.0 Å². The zero-order valence-corrected chi connectivity index (χ0v) is 15.2. The monoisotopic (exact) mass is 353 g/mol. The minimum atomic E-state index is -0.542. The maximum absolute atomic E-state index is 12.6. The molecule has 2 amide bonds. The smallest absolute Gasteiger partial charge is 0.253 e. The molecule has 2 aliphatic heterocycles. The van der Waals surface area contributed by atoms with E-state index in [0.717, 1.165) is 23.3 Å². The maximum Gasteiger partial charge on any atom is 0.253 e. The molecule has 136 valence electrons. The van der Waals surface area contributed by atoms with Crippen molar-refractivity contribution in [3.63, 3.8) is 0 Å². The quantitative estimate of drug-likeness (QED) is 0.873. The van der Waals surface area contributed by atoms with E-state index < -0.39 is 6.04 Å². The fraction of sp³-hybridized carbons (Fsp3) is 0.474. The van der Waals surface area contributed by atoms with Gasteiger partial charge in [-0.2, -0.15) is 0 Å². The summed E-state index contributed by atoms with van der Waals surface area (Å²) in [6.07, 6.45) is 4.49. The Kier molecular flexibility index (Phi) is 3.82. The molecule has 2 saturated heterocycles. The molecule has 0 unspecified atom stereocenters. The number of aromatic nitrogens is 2. The topological polar surface area (TPSA) is 87.2 Å². The highest BCUT2D eigenvalue weighted by Gasteiger charge is 2.42. The molecule has 4 heterocycles. The molecular weight excluding hydrogens is 330 g/mol. The second-order valence-corrected chi connectivity index (χ2v) is 7.90. The standard InChI is InChI=1S/C19H23N5O2/c1-11-4-5-24(11)15-7-14-12(8-21-15)6-13(9-20-14)17(25)23-16-18(26)22-10-19(16,2)3/h6-9,11,16H,4-5,10H2,1-3H3,(H,22,26)(H,23,25)/t11-,16+/m0/s1. The predicted molar refractivity (Wildman–Crippen MR) is 99.0 cm³/mol. The largest absolute Gasteiger partial charge is 0.354 e. The minimum Gasteiger partial charge on any atom is -0.354 e. The van der Waals surface area contributed by atoms with Gasteiger partial charge in [0.2, 0.25) is 5.91 Å². The van der Waals surface area contributed by atoms with Crippen LogP contribution in [0.2, 0.25) is 0 Å². The molecular formula is C19H23N5O2. The van der Waals surface area contributed by atoms with E-state index in [9.17, 15) is 9.59 Å². The van der Waals surface area contributed by atoms with Crippen LogP contribution in [0.4, 0.5) is 5.82 Å². The van der Waals surface area contributed by atoms with Crippen LogP contribution in [0, 0.1) is 5.41 Å². The average Bonchev–Trinajstić information content (AvgIpc) is 2.86. The molecule has 2 aromatic rings. The number of hydrogen-bond donors (Lipinski definition) is 2. The van der Waals surface area contributed by atoms with Gasteiger partial charge in [-0.25, -0.2) is 4.98 Å². The number of nitrogens with one attached hydrogen (secondary N) is 2. The van der Waals surface area contributed by atoms with Crippen LogP contribution >= 0.6 is 0 Å². The Hall–Kier alpha value is -2.70. The van der Waals surface area contributed by atoms with Crippen molar-refractivity contribution in [1.29, 1.82) is 0 Å². The summed E-state index contributed by atoms with van der Waals surface area (Å²) in [6, 6.07) is 3.69. The van der Waals surface area contributed by atoms with Crippen molar-refractivity contribution in [2.24, 2.45) is 5.41 Å². The van der Waals surface area contributed by atoms with Crippen LogP contribution in [0.3, 0.4) is 0 Å². The van der Waals surface area contributed by atoms with Gasteiger partial charge >= 0.3 is 0 Å². The number of amides is 2. The molecule has 0 spiro atoms. The Morgan fingerprint density at radius 3 is 2.73 bits per heavy atom. The lowest BCUT2D eigenvalue weighted by atomic mass is 9.87. The Bertz CT molecular complexity index is 895. The maximum atomic E-state index is 12.6. The van der Waals surface area contributed by atoms with E-state index in [0.29, 0.717) is 18.2 Å². The number of nitrogens with zero attached hydrogens (tertiary/aromatic N) is 3. The van der Waals surface area contributed by atoms with Crippen LogP contribution in [0.5, 0.6) is 0 Å². The summed E-state index contributed by atoms with van der Waals surface area (Å²) in [6.45, 7) is 7.65. The van der Waals surface area contributed by atoms with E-state index >= 15 is 0 Å². The van der Waals surface area contributed by atoms with Crippen LogP contribution in [0.15, 0.2) is 24.5 Å². The van der Waals surface area contributed by atoms with Gasteiger partial charge in [0.25, 0.3) is 5.91 Å². The third-order valence-electron chi connectivity index (χ3n) is 5.46. The minimum absolute atomic E-state index is 0.146. The normalized spacial score (nSPS) is 24.3. The highest BCUT2D eigenvalue weighted by molar-refractivity contribution is 6.00. The van der Waals surface area contributed by atoms with Gasteiger partial charge in [-0.05, 0) is 19.4 Å². The number of pyridine rings is 2. The molecule has 0 aliphatic carbocycles. The third kappa shape index (κ3) is 2.77. The number of carbonyl (C=O) groups is 2. The van der Waals surface area contributed by atoms with Crippen LogP contribution < -0.4 is 15.5 Å². The van der Waals surface area contributed by atoms with Gasteiger partial charge in [0.15, 0.2) is 0 Å². The van der Waals surface area contributed by atoms with E-state index in [1.807, 2.05) is 19.9 Å². The van der Waals surface area contributed by atoms with Gasteiger partial charge in [-0.15, -0.1) is 0 Å². The molecule has 2 aromatic heterocycles. The number of hydrogen-bond acceptors (Lipinski definition) is 5. The highest BCUT2D eigenvalue weighted by Crippen LogP contribution is 2.27. The zero-order valence-electron chi connectivity index (χ0n) is 15.2. The van der Waals surface area contributed by atoms with Gasteiger partial charge < -0.3 is 15.5 Å². The highest BCUT2D eigenvalue weighted by atomic mass is 16.2. The first-order valence-electron chi connectivity index (χ1n) is 8.96. The second-order valence-electron chi connectivity index (χ2n) is 7.90. The molecule has 4 rings (SSSR count). The number of anilines is 1. The molecule has 0 radical (unpaired) electrons. The van der Waals surface area contributed by atoms with Crippen LogP contribution in [-0.2, 0) is 4.79 Å². The molecule has 0 aromatic carbocycles. The molecule has 2 fully saturated rings. The van der Waals surface area contributed by atoms with E-state index in [-0.39, 0.29) is 17.2 Å². The number of fused-ring (bicyclic) bond motifs is 1. The van der Waals surface area contributed by atoms with Gasteiger partial charge in [0.05, 0.1) is 11.1 Å². The Balaban J connectivity index is 1.56. The Morgan fingerprint density at radius 2 is 2.12 bits per heavy atom. The summed E-state index contributed by atoms with van der Waals surface area (Å²) in [5.41, 5.74) is 0.922. The van der Waals surface area contributed by atoms with Crippen molar-refractivity contribution >= 4 is 28.5 Å². The molecule has 0 bridgehead atoms. The van der Waals surface area contributed by atoms with Gasteiger partial charge in [0, 0.05) is 48.4 Å². The Morgan fingerprint density at radius 1 is 1.31 bits per heavy atom. The van der Waals surface area contributed by atoms with Crippen molar-refractivity contribution in [1.82, 2.24) is 20.6 Å². The number of carbonyl (C=O) groups excluding carboxylic acids is 2. The van der Waals surface area contributed by atoms with E-state index in [4.69, 9.17) is 0 Å². The second kappa shape index (κ2) is 5.93. The summed E-state index contributed by atoms with van der Waals surface area (Å²) in [7, 11) is 0. The van der Waals surface area contributed by atoms with E-state index in [1.54, 1.807) is 18.5 Å². The van der Waals surface area contributed by atoms with Crippen molar-refractivity contribution < 1.29 is 9.59 Å². The van der Waals surface area contributed by atoms with Crippen LogP contribution in [0.1, 0.15) is 37.6 Å². The lowest BCUT2D eigenvalue weighted by Crippen LogP contribution is -2.46. The van der Waals surface area contributed by atoms with E-state index in [2.05, 4.69) is 32.4 Å². The molecule has 7 heteroatoms. The molecule has 2 aliphatic rings. The Labute approximate surface area is 152 Å².